The summed E-state index contributed by atoms with van der Waals surface area (Å²) in [6, 6.07) is 9.16. The molecular weight excluding hydrogens is 236 g/mol. The van der Waals surface area contributed by atoms with Crippen molar-refractivity contribution >= 4 is 15.6 Å². The molecule has 0 fully saturated rings. The Balaban J connectivity index is 2.39. The molecule has 0 saturated carbocycles. The van der Waals surface area contributed by atoms with Crippen LogP contribution in [-0.2, 0) is 20.4 Å². The molecule has 0 aliphatic carbocycles. The minimum Gasteiger partial charge on any atom is -0.300 e. The van der Waals surface area contributed by atoms with E-state index in [1.807, 2.05) is 30.3 Å². The number of rotatable bonds is 7. The number of hydrogen-bond acceptors (Lipinski definition) is 3. The van der Waals surface area contributed by atoms with Crippen molar-refractivity contribution in [3.8, 4) is 0 Å². The first-order valence-corrected chi connectivity index (χ1v) is 7.55. The molecule has 3 nitrogen and oxygen atoms in total. The fourth-order valence-electron chi connectivity index (χ4n) is 1.60. The van der Waals surface area contributed by atoms with Crippen LogP contribution in [0.25, 0.3) is 0 Å². The van der Waals surface area contributed by atoms with Crippen LogP contribution >= 0.6 is 0 Å². The van der Waals surface area contributed by atoms with Crippen molar-refractivity contribution in [2.75, 3.05) is 5.75 Å². The molecular formula is C13H18O3S. The van der Waals surface area contributed by atoms with Gasteiger partial charge >= 0.3 is 0 Å². The third kappa shape index (κ3) is 6.22. The predicted molar refractivity (Wildman–Crippen MR) is 68.5 cm³/mol. The zero-order valence-electron chi connectivity index (χ0n) is 10.1. The van der Waals surface area contributed by atoms with Gasteiger partial charge in [-0.3, -0.25) is 0 Å². The van der Waals surface area contributed by atoms with Crippen LogP contribution < -0.4 is 0 Å². The maximum atomic E-state index is 11.8. The van der Waals surface area contributed by atoms with E-state index in [1.165, 1.54) is 6.92 Å². The summed E-state index contributed by atoms with van der Waals surface area (Å²) >= 11 is 0. The van der Waals surface area contributed by atoms with Gasteiger partial charge in [-0.2, -0.15) is 0 Å². The Morgan fingerprint density at radius 3 is 2.35 bits per heavy atom. The Morgan fingerprint density at radius 1 is 1.12 bits per heavy atom. The van der Waals surface area contributed by atoms with Crippen LogP contribution in [0.1, 0.15) is 31.7 Å². The monoisotopic (exact) mass is 254 g/mol. The summed E-state index contributed by atoms with van der Waals surface area (Å²) in [5, 5.41) is 0. The summed E-state index contributed by atoms with van der Waals surface area (Å²) < 4.78 is 23.5. The van der Waals surface area contributed by atoms with Crippen LogP contribution in [0.5, 0.6) is 0 Å². The Labute approximate surface area is 103 Å². The summed E-state index contributed by atoms with van der Waals surface area (Å²) in [4.78, 5) is 10.7. The van der Waals surface area contributed by atoms with Crippen LogP contribution in [0.3, 0.4) is 0 Å². The molecule has 94 valence electrons. The first-order chi connectivity index (χ1) is 7.99. The number of unbranched alkanes of at least 4 members (excludes halogenated alkanes) is 1. The van der Waals surface area contributed by atoms with Crippen molar-refractivity contribution in [3.63, 3.8) is 0 Å². The summed E-state index contributed by atoms with van der Waals surface area (Å²) in [6.45, 7) is 1.53. The van der Waals surface area contributed by atoms with Crippen molar-refractivity contribution in [3.05, 3.63) is 35.9 Å². The van der Waals surface area contributed by atoms with Gasteiger partial charge in [-0.05, 0) is 25.3 Å². The first-order valence-electron chi connectivity index (χ1n) is 5.73. The molecule has 1 aromatic rings. The molecule has 4 heteroatoms. The molecule has 0 spiro atoms. The van der Waals surface area contributed by atoms with Crippen molar-refractivity contribution in [1.82, 2.24) is 0 Å². The number of Topliss-reactive ketones (excluding diaryl/α,β-unsaturated/α-hetero) is 1. The molecule has 17 heavy (non-hydrogen) atoms. The zero-order chi connectivity index (χ0) is 12.7. The van der Waals surface area contributed by atoms with Crippen LogP contribution in [0.2, 0.25) is 0 Å². The van der Waals surface area contributed by atoms with Gasteiger partial charge in [-0.25, -0.2) is 8.42 Å². The normalized spacial score (nSPS) is 11.4. The van der Waals surface area contributed by atoms with Crippen LogP contribution in [0, 0.1) is 0 Å². The largest absolute Gasteiger partial charge is 0.300 e. The second-order valence-electron chi connectivity index (χ2n) is 4.24. The van der Waals surface area contributed by atoms with Crippen molar-refractivity contribution < 1.29 is 13.2 Å². The number of carbonyl (C=O) groups is 1. The van der Waals surface area contributed by atoms with Gasteiger partial charge in [0.1, 0.15) is 5.78 Å². The zero-order valence-corrected chi connectivity index (χ0v) is 10.9. The predicted octanol–water partition coefficient (Wildman–Crippen LogP) is 2.36. The van der Waals surface area contributed by atoms with Gasteiger partial charge in [0.15, 0.2) is 9.84 Å². The molecule has 0 aliphatic heterocycles. The van der Waals surface area contributed by atoms with Gasteiger partial charge in [0.05, 0.1) is 11.5 Å². The number of sulfone groups is 1. The molecule has 0 atom stereocenters. The third-order valence-electron chi connectivity index (χ3n) is 2.46. The lowest BCUT2D eigenvalue weighted by atomic mass is 10.2. The van der Waals surface area contributed by atoms with Crippen LogP contribution in [-0.4, -0.2) is 20.0 Å². The van der Waals surface area contributed by atoms with Gasteiger partial charge in [-0.15, -0.1) is 0 Å². The van der Waals surface area contributed by atoms with Gasteiger partial charge in [0.2, 0.25) is 0 Å². The van der Waals surface area contributed by atoms with Gasteiger partial charge in [0.25, 0.3) is 0 Å². The molecule has 1 aromatic carbocycles. The van der Waals surface area contributed by atoms with Gasteiger partial charge in [0, 0.05) is 6.42 Å². The molecule has 0 radical (unpaired) electrons. The average Bonchev–Trinajstić information content (AvgIpc) is 2.25. The van der Waals surface area contributed by atoms with E-state index >= 15 is 0 Å². The van der Waals surface area contributed by atoms with E-state index in [1.54, 1.807) is 0 Å². The Hall–Kier alpha value is -1.16. The lowest BCUT2D eigenvalue weighted by molar-refractivity contribution is -0.117. The Morgan fingerprint density at radius 2 is 1.76 bits per heavy atom. The van der Waals surface area contributed by atoms with Crippen LogP contribution in [0.4, 0.5) is 0 Å². The smallest absolute Gasteiger partial charge is 0.154 e. The molecule has 0 amide bonds. The molecule has 0 unspecified atom stereocenters. The summed E-state index contributed by atoms with van der Waals surface area (Å²) in [5.41, 5.74) is 0.819. The quantitative estimate of drug-likeness (QED) is 0.702. The van der Waals surface area contributed by atoms with E-state index in [9.17, 15) is 13.2 Å². The maximum Gasteiger partial charge on any atom is 0.154 e. The second kappa shape index (κ2) is 6.55. The van der Waals surface area contributed by atoms with Crippen LogP contribution in [0.15, 0.2) is 30.3 Å². The highest BCUT2D eigenvalue weighted by Crippen LogP contribution is 2.08. The molecule has 0 aliphatic rings. The molecule has 0 saturated heterocycles. The first kappa shape index (κ1) is 13.9. The lowest BCUT2D eigenvalue weighted by Gasteiger charge is -2.04. The third-order valence-corrected chi connectivity index (χ3v) is 4.15. The second-order valence-corrected chi connectivity index (χ2v) is 6.42. The molecule has 0 aromatic heterocycles. The van der Waals surface area contributed by atoms with Crippen molar-refractivity contribution in [1.29, 1.82) is 0 Å². The highest BCUT2D eigenvalue weighted by atomic mass is 32.2. The molecule has 0 N–H and O–H groups in total. The number of hydrogen-bond donors (Lipinski definition) is 0. The van der Waals surface area contributed by atoms with E-state index in [4.69, 9.17) is 0 Å². The van der Waals surface area contributed by atoms with E-state index < -0.39 is 9.84 Å². The summed E-state index contributed by atoms with van der Waals surface area (Å²) in [5.74, 6) is 0.369. The van der Waals surface area contributed by atoms with E-state index in [2.05, 4.69) is 0 Å². The van der Waals surface area contributed by atoms with E-state index in [0.29, 0.717) is 19.3 Å². The Kier molecular flexibility index (Phi) is 5.35. The summed E-state index contributed by atoms with van der Waals surface area (Å²) in [7, 11) is -3.04. The lowest BCUT2D eigenvalue weighted by Crippen LogP contribution is -2.09. The number of ketones is 1. The number of carbonyl (C=O) groups excluding carboxylic acids is 1. The van der Waals surface area contributed by atoms with Gasteiger partial charge in [-0.1, -0.05) is 30.3 Å². The minimum atomic E-state index is -3.04. The van der Waals surface area contributed by atoms with Crippen molar-refractivity contribution in [2.45, 2.75) is 31.9 Å². The highest BCUT2D eigenvalue weighted by Gasteiger charge is 2.11. The standard InChI is InChI=1S/C13H18O3S/c1-12(14)7-5-6-10-17(15,16)11-13-8-3-2-4-9-13/h2-4,8-9H,5-7,10-11H2,1H3. The summed E-state index contributed by atoms with van der Waals surface area (Å²) in [6.07, 6.45) is 1.69. The van der Waals surface area contributed by atoms with E-state index in [-0.39, 0.29) is 17.3 Å². The van der Waals surface area contributed by atoms with Crippen molar-refractivity contribution in [2.24, 2.45) is 0 Å². The fourth-order valence-corrected chi connectivity index (χ4v) is 3.08. The fraction of sp³-hybridized carbons (Fsp3) is 0.462. The molecule has 1 rings (SSSR count). The highest BCUT2D eigenvalue weighted by molar-refractivity contribution is 7.90. The topological polar surface area (TPSA) is 51.2 Å². The number of benzene rings is 1. The molecule has 0 heterocycles. The SMILES string of the molecule is CC(=O)CCCCS(=O)(=O)Cc1ccccc1. The van der Waals surface area contributed by atoms with Gasteiger partial charge < -0.3 is 4.79 Å². The molecule has 0 bridgehead atoms. The minimum absolute atomic E-state index is 0.0912. The average molecular weight is 254 g/mol. The Bertz CT molecular complexity index is 449. The maximum absolute atomic E-state index is 11.8. The van der Waals surface area contributed by atoms with E-state index in [0.717, 1.165) is 5.56 Å².